The molecule has 1 saturated heterocycles. The smallest absolute Gasteiger partial charge is 0.306 e. The summed E-state index contributed by atoms with van der Waals surface area (Å²) >= 11 is 1.63. The van der Waals surface area contributed by atoms with Crippen LogP contribution in [0.15, 0.2) is 41.8 Å². The number of piperidine rings is 1. The minimum Gasteiger partial charge on any atom is -0.481 e. The molecule has 1 heterocycles. The van der Waals surface area contributed by atoms with Crippen molar-refractivity contribution in [2.24, 2.45) is 5.92 Å². The van der Waals surface area contributed by atoms with Gasteiger partial charge in [0, 0.05) is 10.6 Å². The fourth-order valence-corrected chi connectivity index (χ4v) is 3.32. The summed E-state index contributed by atoms with van der Waals surface area (Å²) in [6.45, 7) is 5.30. The van der Waals surface area contributed by atoms with Crippen molar-refractivity contribution in [2.75, 3.05) is 30.7 Å². The maximum Gasteiger partial charge on any atom is 0.306 e. The Balaban J connectivity index is 1.86. The number of nitrogens with one attached hydrogen (secondary N) is 1. The Hall–Kier alpha value is -1.79. The second kappa shape index (κ2) is 8.74. The number of nitrogens with zero attached hydrogens (tertiary/aromatic N) is 1. The van der Waals surface area contributed by atoms with Gasteiger partial charge in [-0.15, -0.1) is 18.3 Å². The Bertz CT molecular complexity index is 569. The maximum absolute atomic E-state index is 12.2. The van der Waals surface area contributed by atoms with Gasteiger partial charge in [-0.25, -0.2) is 0 Å². The van der Waals surface area contributed by atoms with Crippen molar-refractivity contribution in [3.63, 3.8) is 0 Å². The van der Waals surface area contributed by atoms with Crippen LogP contribution in [0.25, 0.3) is 0 Å². The lowest BCUT2D eigenvalue weighted by molar-refractivity contribution is -0.143. The Morgan fingerprint density at radius 3 is 2.70 bits per heavy atom. The van der Waals surface area contributed by atoms with E-state index in [1.54, 1.807) is 11.8 Å². The Morgan fingerprint density at radius 1 is 1.35 bits per heavy atom. The molecule has 5 nitrogen and oxygen atoms in total. The van der Waals surface area contributed by atoms with Crippen LogP contribution in [-0.2, 0) is 9.59 Å². The van der Waals surface area contributed by atoms with Crippen molar-refractivity contribution in [2.45, 2.75) is 17.7 Å². The quantitative estimate of drug-likeness (QED) is 0.593. The third-order valence-corrected chi connectivity index (χ3v) is 4.89. The number of thioether (sulfide) groups is 1. The molecule has 1 amide bonds. The molecular formula is C17H22N2O3S. The number of benzene rings is 1. The largest absolute Gasteiger partial charge is 0.481 e. The zero-order chi connectivity index (χ0) is 16.7. The lowest BCUT2D eigenvalue weighted by Crippen LogP contribution is -2.40. The van der Waals surface area contributed by atoms with Gasteiger partial charge in [0.2, 0.25) is 5.91 Å². The fourth-order valence-electron chi connectivity index (χ4n) is 2.58. The number of carbonyl (C=O) groups is 2. The van der Waals surface area contributed by atoms with Crippen molar-refractivity contribution in [3.05, 3.63) is 36.9 Å². The van der Waals surface area contributed by atoms with E-state index < -0.39 is 5.97 Å². The molecule has 1 fully saturated rings. The molecule has 2 rings (SSSR count). The van der Waals surface area contributed by atoms with Gasteiger partial charge in [-0.2, -0.15) is 0 Å². The summed E-state index contributed by atoms with van der Waals surface area (Å²) in [4.78, 5) is 26.2. The Labute approximate surface area is 140 Å². The summed E-state index contributed by atoms with van der Waals surface area (Å²) in [5, 5.41) is 11.9. The third kappa shape index (κ3) is 5.41. The van der Waals surface area contributed by atoms with Crippen LogP contribution >= 0.6 is 11.8 Å². The highest BCUT2D eigenvalue weighted by Gasteiger charge is 2.25. The zero-order valence-electron chi connectivity index (χ0n) is 13.0. The molecule has 23 heavy (non-hydrogen) atoms. The predicted molar refractivity (Wildman–Crippen MR) is 92.8 cm³/mol. The lowest BCUT2D eigenvalue weighted by Gasteiger charge is -2.29. The monoisotopic (exact) mass is 334 g/mol. The van der Waals surface area contributed by atoms with Crippen LogP contribution in [0.2, 0.25) is 0 Å². The topological polar surface area (TPSA) is 69.6 Å². The normalized spacial score (nSPS) is 16.0. The number of carboxylic acid groups (broad SMARTS) is 1. The standard InChI is InChI=1S/C17H22N2O3S/c1-2-11-23-15-6-4-3-5-14(15)18-16(20)12-19-9-7-13(8-10-19)17(21)22/h2-6,13H,1,7-12H2,(H,18,20)(H,21,22). The summed E-state index contributed by atoms with van der Waals surface area (Å²) in [5.41, 5.74) is 0.810. The highest BCUT2D eigenvalue weighted by molar-refractivity contribution is 7.99. The highest BCUT2D eigenvalue weighted by atomic mass is 32.2. The first kappa shape index (κ1) is 17.6. The number of carboxylic acids is 1. The van der Waals surface area contributed by atoms with Crippen LogP contribution in [-0.4, -0.2) is 47.3 Å². The zero-order valence-corrected chi connectivity index (χ0v) is 13.8. The van der Waals surface area contributed by atoms with Crippen LogP contribution < -0.4 is 5.32 Å². The van der Waals surface area contributed by atoms with Crippen molar-refractivity contribution in [3.8, 4) is 0 Å². The van der Waals surface area contributed by atoms with Gasteiger partial charge in [0.1, 0.15) is 0 Å². The Morgan fingerprint density at radius 2 is 2.04 bits per heavy atom. The SMILES string of the molecule is C=CCSc1ccccc1NC(=O)CN1CCC(C(=O)O)CC1. The van der Waals surface area contributed by atoms with E-state index in [1.807, 2.05) is 35.2 Å². The van der Waals surface area contributed by atoms with E-state index in [-0.39, 0.29) is 11.8 Å². The molecule has 0 radical (unpaired) electrons. The Kier molecular flexibility index (Phi) is 6.67. The number of hydrogen-bond donors (Lipinski definition) is 2. The molecule has 0 saturated carbocycles. The molecule has 0 aromatic heterocycles. The number of rotatable bonds is 7. The summed E-state index contributed by atoms with van der Waals surface area (Å²) in [7, 11) is 0. The second-order valence-corrected chi connectivity index (χ2v) is 6.59. The summed E-state index contributed by atoms with van der Waals surface area (Å²) < 4.78 is 0. The lowest BCUT2D eigenvalue weighted by atomic mass is 9.97. The summed E-state index contributed by atoms with van der Waals surface area (Å²) in [6, 6.07) is 7.70. The van der Waals surface area contributed by atoms with Gasteiger partial charge in [0.25, 0.3) is 0 Å². The van der Waals surface area contributed by atoms with Crippen molar-refractivity contribution in [1.29, 1.82) is 0 Å². The van der Waals surface area contributed by atoms with Crippen LogP contribution in [0.4, 0.5) is 5.69 Å². The minimum absolute atomic E-state index is 0.0644. The molecular weight excluding hydrogens is 312 g/mol. The van der Waals surface area contributed by atoms with Crippen LogP contribution in [0, 0.1) is 5.92 Å². The molecule has 1 aliphatic heterocycles. The molecule has 1 aromatic carbocycles. The maximum atomic E-state index is 12.2. The number of likely N-dealkylation sites (tertiary alicyclic amines) is 1. The van der Waals surface area contributed by atoms with E-state index in [9.17, 15) is 9.59 Å². The number of hydrogen-bond acceptors (Lipinski definition) is 4. The predicted octanol–water partition coefficient (Wildman–Crippen LogP) is 2.70. The first-order valence-corrected chi connectivity index (χ1v) is 8.66. The number of anilines is 1. The molecule has 0 spiro atoms. The van der Waals surface area contributed by atoms with Gasteiger partial charge in [-0.3, -0.25) is 14.5 Å². The van der Waals surface area contributed by atoms with Crippen LogP contribution in [0.5, 0.6) is 0 Å². The highest BCUT2D eigenvalue weighted by Crippen LogP contribution is 2.27. The number of para-hydroxylation sites is 1. The van der Waals surface area contributed by atoms with Crippen LogP contribution in [0.1, 0.15) is 12.8 Å². The summed E-state index contributed by atoms with van der Waals surface area (Å²) in [6.07, 6.45) is 3.04. The molecule has 6 heteroatoms. The molecule has 2 N–H and O–H groups in total. The van der Waals surface area contributed by atoms with Gasteiger partial charge in [-0.05, 0) is 38.1 Å². The first-order valence-electron chi connectivity index (χ1n) is 7.68. The number of carbonyl (C=O) groups excluding carboxylic acids is 1. The van der Waals surface area contributed by atoms with E-state index in [0.29, 0.717) is 32.5 Å². The molecule has 0 unspecified atom stereocenters. The molecule has 0 aliphatic carbocycles. The summed E-state index contributed by atoms with van der Waals surface area (Å²) in [5.74, 6) is -0.284. The van der Waals surface area contributed by atoms with Gasteiger partial charge in [-0.1, -0.05) is 18.2 Å². The van der Waals surface area contributed by atoms with Gasteiger partial charge in [0.05, 0.1) is 18.2 Å². The molecule has 0 atom stereocenters. The van der Waals surface area contributed by atoms with Crippen molar-refractivity contribution in [1.82, 2.24) is 4.90 Å². The van der Waals surface area contributed by atoms with E-state index in [4.69, 9.17) is 5.11 Å². The molecule has 1 aromatic rings. The van der Waals surface area contributed by atoms with Crippen molar-refractivity contribution >= 4 is 29.3 Å². The first-order chi connectivity index (χ1) is 11.1. The number of aliphatic carboxylic acids is 1. The van der Waals surface area contributed by atoms with Crippen molar-refractivity contribution < 1.29 is 14.7 Å². The van der Waals surface area contributed by atoms with Gasteiger partial charge in [0.15, 0.2) is 0 Å². The van der Waals surface area contributed by atoms with E-state index in [2.05, 4.69) is 11.9 Å². The van der Waals surface area contributed by atoms with Gasteiger partial charge < -0.3 is 10.4 Å². The molecule has 1 aliphatic rings. The average molecular weight is 334 g/mol. The van der Waals surface area contributed by atoms with Gasteiger partial charge >= 0.3 is 5.97 Å². The van der Waals surface area contributed by atoms with E-state index in [0.717, 1.165) is 16.3 Å². The second-order valence-electron chi connectivity index (χ2n) is 5.53. The number of amides is 1. The molecule has 124 valence electrons. The molecule has 0 bridgehead atoms. The van der Waals surface area contributed by atoms with E-state index >= 15 is 0 Å². The fraction of sp³-hybridized carbons (Fsp3) is 0.412. The van der Waals surface area contributed by atoms with E-state index in [1.165, 1.54) is 0 Å². The van der Waals surface area contributed by atoms with Crippen LogP contribution in [0.3, 0.4) is 0 Å². The minimum atomic E-state index is -0.734. The average Bonchev–Trinajstić information content (AvgIpc) is 2.54. The third-order valence-electron chi connectivity index (χ3n) is 3.82.